The summed E-state index contributed by atoms with van der Waals surface area (Å²) >= 11 is 0. The number of aromatic nitrogens is 2. The van der Waals surface area contributed by atoms with Crippen molar-refractivity contribution in [1.82, 2.24) is 30.0 Å². The number of hydrogen-bond donors (Lipinski definition) is 1. The Morgan fingerprint density at radius 1 is 1.06 bits per heavy atom. The molecule has 0 bridgehead atoms. The minimum Gasteiger partial charge on any atom is -0.376 e. The number of likely N-dealkylation sites (N-methyl/N-ethyl adjacent to an activating group) is 1. The number of hydrogen-bond acceptors (Lipinski definition) is 7. The maximum Gasteiger partial charge on any atom is 0.320 e. The molecular formula is C23H34FN7O4. The zero-order valence-electron chi connectivity index (χ0n) is 20.4. The van der Waals surface area contributed by atoms with E-state index in [1.165, 1.54) is 19.0 Å². The normalized spacial score (nSPS) is 23.0. The van der Waals surface area contributed by atoms with Gasteiger partial charge in [0.2, 0.25) is 5.95 Å². The molecule has 1 aromatic rings. The van der Waals surface area contributed by atoms with Crippen LogP contribution in [-0.4, -0.2) is 114 Å². The molecule has 11 nitrogen and oxygen atoms in total. The molecule has 4 heterocycles. The fourth-order valence-corrected chi connectivity index (χ4v) is 4.72. The number of amides is 4. The van der Waals surface area contributed by atoms with E-state index in [0.29, 0.717) is 32.0 Å². The van der Waals surface area contributed by atoms with Gasteiger partial charge in [-0.3, -0.25) is 9.59 Å². The van der Waals surface area contributed by atoms with Gasteiger partial charge in [0.05, 0.1) is 37.2 Å². The number of piperidine rings is 2. The molecule has 4 rings (SSSR count). The number of carbonyl (C=O) groups excluding carboxylic acids is 3. The summed E-state index contributed by atoms with van der Waals surface area (Å²) in [5, 5.41) is 2.85. The van der Waals surface area contributed by atoms with Crippen LogP contribution >= 0.6 is 0 Å². The van der Waals surface area contributed by atoms with Crippen LogP contribution in [0.5, 0.6) is 0 Å². The van der Waals surface area contributed by atoms with E-state index in [1.807, 2.05) is 9.80 Å². The number of carbonyl (C=O) groups is 3. The summed E-state index contributed by atoms with van der Waals surface area (Å²) in [5.74, 6) is -1.26. The average molecular weight is 492 g/mol. The van der Waals surface area contributed by atoms with E-state index in [1.54, 1.807) is 4.90 Å². The van der Waals surface area contributed by atoms with Crippen molar-refractivity contribution in [3.63, 3.8) is 0 Å². The molecule has 12 heteroatoms. The fourth-order valence-electron chi connectivity index (χ4n) is 4.72. The van der Waals surface area contributed by atoms with Crippen molar-refractivity contribution in [2.24, 2.45) is 0 Å². The molecule has 1 aromatic heterocycles. The minimum atomic E-state index is -0.671. The first kappa shape index (κ1) is 25.1. The molecule has 3 aliphatic heterocycles. The van der Waals surface area contributed by atoms with Gasteiger partial charge >= 0.3 is 17.8 Å². The first-order valence-corrected chi connectivity index (χ1v) is 12.2. The Bertz CT molecular complexity index is 904. The third-order valence-corrected chi connectivity index (χ3v) is 6.90. The van der Waals surface area contributed by atoms with Crippen LogP contribution in [0.25, 0.3) is 0 Å². The van der Waals surface area contributed by atoms with Crippen LogP contribution in [0.3, 0.4) is 0 Å². The quantitative estimate of drug-likeness (QED) is 0.596. The zero-order chi connectivity index (χ0) is 24.9. The SMILES string of the molecule is CN(C)C(=O)C(=O)N[C@H]1CCCN(C(=O)N2CCC2)[C@H]1COC1CCN(c2ncc(F)cn2)CC1. The van der Waals surface area contributed by atoms with Crippen molar-refractivity contribution >= 4 is 23.8 Å². The highest BCUT2D eigenvalue weighted by Crippen LogP contribution is 2.24. The van der Waals surface area contributed by atoms with Crippen molar-refractivity contribution in [3.8, 4) is 0 Å². The Balaban J connectivity index is 1.37. The maximum atomic E-state index is 13.1. The molecule has 35 heavy (non-hydrogen) atoms. The molecule has 0 spiro atoms. The second-order valence-electron chi connectivity index (χ2n) is 9.53. The topological polar surface area (TPSA) is 111 Å². The Morgan fingerprint density at radius 2 is 1.74 bits per heavy atom. The van der Waals surface area contributed by atoms with E-state index in [-0.39, 0.29) is 30.8 Å². The molecule has 0 aromatic carbocycles. The van der Waals surface area contributed by atoms with Gasteiger partial charge in [-0.2, -0.15) is 0 Å². The van der Waals surface area contributed by atoms with Crippen molar-refractivity contribution in [2.45, 2.75) is 50.3 Å². The molecule has 3 saturated heterocycles. The first-order chi connectivity index (χ1) is 16.8. The summed E-state index contributed by atoms with van der Waals surface area (Å²) in [6.07, 6.45) is 6.19. The van der Waals surface area contributed by atoms with Crippen LogP contribution in [0.2, 0.25) is 0 Å². The monoisotopic (exact) mass is 491 g/mol. The molecule has 0 aliphatic carbocycles. The third kappa shape index (κ3) is 5.98. The highest BCUT2D eigenvalue weighted by Gasteiger charge is 2.39. The van der Waals surface area contributed by atoms with Crippen LogP contribution in [-0.2, 0) is 14.3 Å². The van der Waals surface area contributed by atoms with Crippen LogP contribution in [0, 0.1) is 5.82 Å². The highest BCUT2D eigenvalue weighted by atomic mass is 19.1. The van der Waals surface area contributed by atoms with Gasteiger partial charge in [-0.1, -0.05) is 0 Å². The molecule has 192 valence electrons. The first-order valence-electron chi connectivity index (χ1n) is 12.2. The van der Waals surface area contributed by atoms with Gasteiger partial charge in [0.15, 0.2) is 5.82 Å². The van der Waals surface area contributed by atoms with Crippen LogP contribution < -0.4 is 10.2 Å². The molecule has 0 radical (unpaired) electrons. The smallest absolute Gasteiger partial charge is 0.320 e. The molecular weight excluding hydrogens is 457 g/mol. The minimum absolute atomic E-state index is 0.0191. The molecule has 3 aliphatic rings. The van der Waals surface area contributed by atoms with E-state index in [4.69, 9.17) is 4.74 Å². The van der Waals surface area contributed by atoms with Crippen LogP contribution in [0.15, 0.2) is 12.4 Å². The zero-order valence-corrected chi connectivity index (χ0v) is 20.4. The van der Waals surface area contributed by atoms with E-state index >= 15 is 0 Å². The molecule has 0 unspecified atom stereocenters. The average Bonchev–Trinajstić information content (AvgIpc) is 2.82. The van der Waals surface area contributed by atoms with Crippen molar-refractivity contribution in [2.75, 3.05) is 58.3 Å². The highest BCUT2D eigenvalue weighted by molar-refractivity contribution is 6.34. The number of likely N-dealkylation sites (tertiary alicyclic amines) is 2. The number of ether oxygens (including phenoxy) is 1. The van der Waals surface area contributed by atoms with E-state index in [0.717, 1.165) is 51.2 Å². The molecule has 4 amide bonds. The standard InChI is InChI=1S/C23H34FN7O4/c1-28(2)21(33)20(32)27-18-5-3-10-31(23(34)30-8-4-9-30)19(18)15-35-17-6-11-29(12-7-17)22-25-13-16(24)14-26-22/h13-14,17-19H,3-12,15H2,1-2H3,(H,27,32)/t18-,19-/m0/s1. The summed E-state index contributed by atoms with van der Waals surface area (Å²) < 4.78 is 19.4. The Labute approximate surface area is 204 Å². The number of halogens is 1. The van der Waals surface area contributed by atoms with Gasteiger partial charge in [0.1, 0.15) is 0 Å². The van der Waals surface area contributed by atoms with Gasteiger partial charge in [0, 0.05) is 46.8 Å². The summed E-state index contributed by atoms with van der Waals surface area (Å²) in [6, 6.07) is -0.752. The summed E-state index contributed by atoms with van der Waals surface area (Å²) in [4.78, 5) is 52.7. The predicted octanol–water partition coefficient (Wildman–Crippen LogP) is 0.464. The van der Waals surface area contributed by atoms with Gasteiger partial charge in [-0.15, -0.1) is 0 Å². The van der Waals surface area contributed by atoms with Crippen LogP contribution in [0.1, 0.15) is 32.1 Å². The fraction of sp³-hybridized carbons (Fsp3) is 0.696. The lowest BCUT2D eigenvalue weighted by atomic mass is 9.96. The number of anilines is 1. The van der Waals surface area contributed by atoms with E-state index < -0.39 is 17.6 Å². The van der Waals surface area contributed by atoms with Crippen molar-refractivity contribution in [3.05, 3.63) is 18.2 Å². The molecule has 1 N–H and O–H groups in total. The lowest BCUT2D eigenvalue weighted by molar-refractivity contribution is -0.145. The van der Waals surface area contributed by atoms with Gasteiger partial charge in [0.25, 0.3) is 0 Å². The lowest BCUT2D eigenvalue weighted by Crippen LogP contribution is -2.63. The van der Waals surface area contributed by atoms with Gasteiger partial charge in [-0.25, -0.2) is 19.2 Å². The number of nitrogens with one attached hydrogen (secondary N) is 1. The summed E-state index contributed by atoms with van der Waals surface area (Å²) in [7, 11) is 3.07. The Morgan fingerprint density at radius 3 is 2.34 bits per heavy atom. The molecule has 2 atom stereocenters. The number of urea groups is 1. The van der Waals surface area contributed by atoms with E-state index in [2.05, 4.69) is 15.3 Å². The Hall–Kier alpha value is -3.02. The van der Waals surface area contributed by atoms with Gasteiger partial charge in [-0.05, 0) is 32.1 Å². The largest absolute Gasteiger partial charge is 0.376 e. The third-order valence-electron chi connectivity index (χ3n) is 6.90. The summed E-state index contributed by atoms with van der Waals surface area (Å²) in [5.41, 5.74) is 0. The second-order valence-corrected chi connectivity index (χ2v) is 9.53. The molecule has 0 saturated carbocycles. The van der Waals surface area contributed by atoms with E-state index in [9.17, 15) is 18.8 Å². The Kier molecular flexibility index (Phi) is 7.99. The number of nitrogens with zero attached hydrogens (tertiary/aromatic N) is 6. The maximum absolute atomic E-state index is 13.1. The molecule has 3 fully saturated rings. The van der Waals surface area contributed by atoms with Crippen molar-refractivity contribution in [1.29, 1.82) is 0 Å². The summed E-state index contributed by atoms with van der Waals surface area (Å²) in [6.45, 7) is 3.70. The lowest BCUT2D eigenvalue weighted by Gasteiger charge is -2.45. The second kappa shape index (κ2) is 11.1. The number of rotatable bonds is 5. The predicted molar refractivity (Wildman–Crippen MR) is 125 cm³/mol. The van der Waals surface area contributed by atoms with Gasteiger partial charge < -0.3 is 29.7 Å². The van der Waals surface area contributed by atoms with Crippen molar-refractivity contribution < 1.29 is 23.5 Å². The van der Waals surface area contributed by atoms with Crippen LogP contribution in [0.4, 0.5) is 15.1 Å².